The summed E-state index contributed by atoms with van der Waals surface area (Å²) in [5.74, 6) is -0.0505. The highest BCUT2D eigenvalue weighted by Gasteiger charge is 2.27. The van der Waals surface area contributed by atoms with E-state index in [0.717, 1.165) is 17.5 Å². The number of carbonyl (C=O) groups excluding carboxylic acids is 1. The number of sulfonamides is 1. The summed E-state index contributed by atoms with van der Waals surface area (Å²) < 4.78 is 26.3. The molecule has 0 saturated carbocycles. The molecular weight excluding hydrogens is 348 g/mol. The van der Waals surface area contributed by atoms with Gasteiger partial charge >= 0.3 is 0 Å². The van der Waals surface area contributed by atoms with Crippen molar-refractivity contribution in [1.29, 1.82) is 0 Å². The van der Waals surface area contributed by atoms with E-state index in [9.17, 15) is 13.2 Å². The molecule has 1 aliphatic heterocycles. The number of nitrogens with one attached hydrogen (secondary N) is 1. The molecule has 0 radical (unpaired) electrons. The number of hydrogen-bond acceptors (Lipinski definition) is 3. The lowest BCUT2D eigenvalue weighted by Crippen LogP contribution is -2.38. The van der Waals surface area contributed by atoms with Gasteiger partial charge in [-0.3, -0.25) is 9.10 Å². The Morgan fingerprint density at radius 2 is 1.85 bits per heavy atom. The zero-order chi connectivity index (χ0) is 18.7. The molecule has 1 amide bonds. The Balaban J connectivity index is 1.84. The Hall–Kier alpha value is -2.34. The largest absolute Gasteiger partial charge is 0.346 e. The molecule has 5 nitrogen and oxygen atoms in total. The van der Waals surface area contributed by atoms with E-state index in [1.807, 2.05) is 50.2 Å². The van der Waals surface area contributed by atoms with E-state index in [2.05, 4.69) is 5.32 Å². The first-order valence-corrected chi connectivity index (χ1v) is 10.5. The molecular formula is C20H24N2O3S. The number of amides is 1. The van der Waals surface area contributed by atoms with Crippen LogP contribution in [0.2, 0.25) is 0 Å². The summed E-state index contributed by atoms with van der Waals surface area (Å²) in [5.41, 5.74) is 2.94. The number of aryl methyl sites for hydroxylation is 1. The third-order valence-electron chi connectivity index (χ3n) is 4.74. The number of benzene rings is 2. The van der Waals surface area contributed by atoms with Crippen molar-refractivity contribution in [2.24, 2.45) is 0 Å². The van der Waals surface area contributed by atoms with Crippen molar-refractivity contribution in [3.05, 3.63) is 65.2 Å². The summed E-state index contributed by atoms with van der Waals surface area (Å²) in [7, 11) is -3.31. The highest BCUT2D eigenvalue weighted by molar-refractivity contribution is 7.92. The zero-order valence-corrected chi connectivity index (χ0v) is 15.9. The molecule has 0 bridgehead atoms. The van der Waals surface area contributed by atoms with Gasteiger partial charge in [-0.15, -0.1) is 0 Å². The van der Waals surface area contributed by atoms with Gasteiger partial charge in [0, 0.05) is 12.1 Å². The van der Waals surface area contributed by atoms with Crippen LogP contribution in [0.3, 0.4) is 0 Å². The van der Waals surface area contributed by atoms with Crippen molar-refractivity contribution in [2.45, 2.75) is 32.7 Å². The van der Waals surface area contributed by atoms with Gasteiger partial charge in [0.2, 0.25) is 10.0 Å². The van der Waals surface area contributed by atoms with Crippen molar-refractivity contribution in [3.8, 4) is 0 Å². The summed E-state index contributed by atoms with van der Waals surface area (Å²) in [6.07, 6.45) is 1.52. The minimum Gasteiger partial charge on any atom is -0.346 e. The van der Waals surface area contributed by atoms with Crippen molar-refractivity contribution < 1.29 is 13.2 Å². The predicted octanol–water partition coefficient (Wildman–Crippen LogP) is 3.42. The Morgan fingerprint density at radius 1 is 1.12 bits per heavy atom. The Labute approximate surface area is 155 Å². The third kappa shape index (κ3) is 3.90. The maximum absolute atomic E-state index is 12.7. The molecule has 138 valence electrons. The molecule has 3 rings (SSSR count). The zero-order valence-electron chi connectivity index (χ0n) is 15.1. The second-order valence-corrected chi connectivity index (χ2v) is 8.72. The SMILES string of the molecule is Cc1ccc(C(=O)N[C@H](C)c2ccccc2)cc1N1CCCCS1(=O)=O. The van der Waals surface area contributed by atoms with Crippen LogP contribution in [-0.4, -0.2) is 26.6 Å². The Bertz CT molecular complexity index is 895. The van der Waals surface area contributed by atoms with Crippen LogP contribution in [0.4, 0.5) is 5.69 Å². The van der Waals surface area contributed by atoms with Crippen LogP contribution in [0.15, 0.2) is 48.5 Å². The Kier molecular flexibility index (Phi) is 5.32. The fourth-order valence-electron chi connectivity index (χ4n) is 3.18. The Morgan fingerprint density at radius 3 is 2.54 bits per heavy atom. The van der Waals surface area contributed by atoms with Gasteiger partial charge in [0.15, 0.2) is 0 Å². The van der Waals surface area contributed by atoms with Gasteiger partial charge in [-0.1, -0.05) is 36.4 Å². The second kappa shape index (κ2) is 7.50. The lowest BCUT2D eigenvalue weighted by atomic mass is 10.1. The van der Waals surface area contributed by atoms with Crippen LogP contribution in [0.1, 0.15) is 47.3 Å². The summed E-state index contributed by atoms with van der Waals surface area (Å²) in [6, 6.07) is 14.8. The molecule has 1 fully saturated rings. The van der Waals surface area contributed by atoms with Gasteiger partial charge in [0.25, 0.3) is 5.91 Å². The minimum absolute atomic E-state index is 0.132. The first kappa shape index (κ1) is 18.5. The van der Waals surface area contributed by atoms with Crippen molar-refractivity contribution >= 4 is 21.6 Å². The highest BCUT2D eigenvalue weighted by atomic mass is 32.2. The summed E-state index contributed by atoms with van der Waals surface area (Å²) in [4.78, 5) is 12.7. The van der Waals surface area contributed by atoms with E-state index in [-0.39, 0.29) is 17.7 Å². The first-order valence-electron chi connectivity index (χ1n) is 8.85. The molecule has 1 heterocycles. The smallest absolute Gasteiger partial charge is 0.251 e. The van der Waals surface area contributed by atoms with Gasteiger partial charge in [-0.05, 0) is 49.9 Å². The standard InChI is InChI=1S/C20H24N2O3S/c1-15-10-11-18(14-19(15)22-12-6-7-13-26(22,24)25)20(23)21-16(2)17-8-4-3-5-9-17/h3-5,8-11,14,16H,6-7,12-13H2,1-2H3,(H,21,23)/t16-/m1/s1. The molecule has 0 spiro atoms. The maximum Gasteiger partial charge on any atom is 0.251 e. The van der Waals surface area contributed by atoms with Crippen molar-refractivity contribution in [1.82, 2.24) is 5.32 Å². The molecule has 0 aliphatic carbocycles. The van der Waals surface area contributed by atoms with E-state index in [1.165, 1.54) is 4.31 Å². The molecule has 1 saturated heterocycles. The molecule has 1 N–H and O–H groups in total. The summed E-state index contributed by atoms with van der Waals surface area (Å²) in [5, 5.41) is 2.98. The van der Waals surface area contributed by atoms with Gasteiger partial charge in [0.05, 0.1) is 17.5 Å². The second-order valence-electron chi connectivity index (χ2n) is 6.70. The highest BCUT2D eigenvalue weighted by Crippen LogP contribution is 2.28. The number of rotatable bonds is 4. The van der Waals surface area contributed by atoms with Gasteiger partial charge < -0.3 is 5.32 Å². The minimum atomic E-state index is -3.31. The normalized spacial score (nSPS) is 17.5. The van der Waals surface area contributed by atoms with Crippen molar-refractivity contribution in [2.75, 3.05) is 16.6 Å². The van der Waals surface area contributed by atoms with Gasteiger partial charge in [-0.2, -0.15) is 0 Å². The lowest BCUT2D eigenvalue weighted by Gasteiger charge is -2.29. The van der Waals surface area contributed by atoms with E-state index in [0.29, 0.717) is 24.2 Å². The van der Waals surface area contributed by atoms with Crippen LogP contribution < -0.4 is 9.62 Å². The van der Waals surface area contributed by atoms with Crippen LogP contribution in [0.5, 0.6) is 0 Å². The molecule has 0 unspecified atom stereocenters. The van der Waals surface area contributed by atoms with Crippen LogP contribution in [-0.2, 0) is 10.0 Å². The van der Waals surface area contributed by atoms with E-state index < -0.39 is 10.0 Å². The number of nitrogens with zero attached hydrogens (tertiary/aromatic N) is 1. The van der Waals surface area contributed by atoms with Gasteiger partial charge in [0.1, 0.15) is 0 Å². The number of hydrogen-bond donors (Lipinski definition) is 1. The van der Waals surface area contributed by atoms with Crippen molar-refractivity contribution in [3.63, 3.8) is 0 Å². The molecule has 2 aromatic carbocycles. The molecule has 1 atom stereocenters. The predicted molar refractivity (Wildman–Crippen MR) is 104 cm³/mol. The quantitative estimate of drug-likeness (QED) is 0.894. The molecule has 0 aromatic heterocycles. The van der Waals surface area contributed by atoms with E-state index in [4.69, 9.17) is 0 Å². The topological polar surface area (TPSA) is 66.5 Å². The molecule has 2 aromatic rings. The average molecular weight is 372 g/mol. The summed E-state index contributed by atoms with van der Waals surface area (Å²) in [6.45, 7) is 4.26. The van der Waals surface area contributed by atoms with Crippen LogP contribution in [0.25, 0.3) is 0 Å². The monoisotopic (exact) mass is 372 g/mol. The third-order valence-corrected chi connectivity index (χ3v) is 6.59. The van der Waals surface area contributed by atoms with Crippen LogP contribution in [0, 0.1) is 6.92 Å². The number of anilines is 1. The van der Waals surface area contributed by atoms with E-state index >= 15 is 0 Å². The average Bonchev–Trinajstić information content (AvgIpc) is 2.63. The maximum atomic E-state index is 12.7. The van der Waals surface area contributed by atoms with Gasteiger partial charge in [-0.25, -0.2) is 8.42 Å². The fraction of sp³-hybridized carbons (Fsp3) is 0.350. The lowest BCUT2D eigenvalue weighted by molar-refractivity contribution is 0.0940. The fourth-order valence-corrected chi connectivity index (χ4v) is 4.88. The first-order chi connectivity index (χ1) is 12.4. The molecule has 6 heteroatoms. The van der Waals surface area contributed by atoms with E-state index in [1.54, 1.807) is 12.1 Å². The number of carbonyl (C=O) groups is 1. The molecule has 26 heavy (non-hydrogen) atoms. The van der Waals surface area contributed by atoms with Crippen LogP contribution >= 0.6 is 0 Å². The molecule has 1 aliphatic rings. The summed E-state index contributed by atoms with van der Waals surface area (Å²) >= 11 is 0.